The standard InChI is InChI=1S/C12H25NO2/c1-5-6-13-8-12(14)9-15-11(4)7-10(2)3/h5,10-14H,1,6-9H2,2-4H3. The maximum atomic E-state index is 9.54. The van der Waals surface area contributed by atoms with E-state index in [2.05, 4.69) is 25.7 Å². The zero-order valence-corrected chi connectivity index (χ0v) is 10.2. The van der Waals surface area contributed by atoms with Gasteiger partial charge in [0.15, 0.2) is 0 Å². The van der Waals surface area contributed by atoms with Gasteiger partial charge in [0, 0.05) is 13.1 Å². The quantitative estimate of drug-likeness (QED) is 0.453. The Hall–Kier alpha value is -0.380. The van der Waals surface area contributed by atoms with Gasteiger partial charge >= 0.3 is 0 Å². The summed E-state index contributed by atoms with van der Waals surface area (Å²) in [4.78, 5) is 0. The number of aliphatic hydroxyl groups is 1. The van der Waals surface area contributed by atoms with Crippen molar-refractivity contribution in [1.29, 1.82) is 0 Å². The van der Waals surface area contributed by atoms with Gasteiger partial charge in [-0.05, 0) is 19.3 Å². The molecule has 0 radical (unpaired) electrons. The number of aliphatic hydroxyl groups excluding tert-OH is 1. The Bertz CT molecular complexity index is 160. The Balaban J connectivity index is 3.43. The molecule has 3 nitrogen and oxygen atoms in total. The van der Waals surface area contributed by atoms with Gasteiger partial charge < -0.3 is 15.2 Å². The van der Waals surface area contributed by atoms with Crippen LogP contribution < -0.4 is 5.32 Å². The molecule has 0 saturated heterocycles. The second-order valence-corrected chi connectivity index (χ2v) is 4.37. The lowest BCUT2D eigenvalue weighted by atomic mass is 10.1. The van der Waals surface area contributed by atoms with Crippen LogP contribution in [0.25, 0.3) is 0 Å². The number of nitrogens with one attached hydrogen (secondary N) is 1. The number of hydrogen-bond acceptors (Lipinski definition) is 3. The largest absolute Gasteiger partial charge is 0.389 e. The minimum Gasteiger partial charge on any atom is -0.389 e. The highest BCUT2D eigenvalue weighted by Gasteiger charge is 2.08. The minimum absolute atomic E-state index is 0.221. The summed E-state index contributed by atoms with van der Waals surface area (Å²) in [6.07, 6.45) is 2.60. The first-order valence-electron chi connectivity index (χ1n) is 5.67. The molecule has 0 saturated carbocycles. The van der Waals surface area contributed by atoms with E-state index in [0.29, 0.717) is 19.1 Å². The molecule has 0 aliphatic carbocycles. The third kappa shape index (κ3) is 9.91. The molecule has 0 fully saturated rings. The maximum absolute atomic E-state index is 9.54. The summed E-state index contributed by atoms with van der Waals surface area (Å²) < 4.78 is 5.53. The van der Waals surface area contributed by atoms with Crippen LogP contribution in [0, 0.1) is 5.92 Å². The van der Waals surface area contributed by atoms with E-state index in [-0.39, 0.29) is 6.10 Å². The fourth-order valence-corrected chi connectivity index (χ4v) is 1.42. The van der Waals surface area contributed by atoms with Crippen LogP contribution in [0.15, 0.2) is 12.7 Å². The zero-order chi connectivity index (χ0) is 11.7. The predicted molar refractivity (Wildman–Crippen MR) is 63.9 cm³/mol. The molecule has 3 heteroatoms. The fourth-order valence-electron chi connectivity index (χ4n) is 1.42. The molecular weight excluding hydrogens is 190 g/mol. The molecule has 0 amide bonds. The maximum Gasteiger partial charge on any atom is 0.0897 e. The molecule has 90 valence electrons. The van der Waals surface area contributed by atoms with Crippen LogP contribution in [-0.4, -0.2) is 37.0 Å². The van der Waals surface area contributed by atoms with Crippen molar-refractivity contribution in [2.45, 2.75) is 39.4 Å². The van der Waals surface area contributed by atoms with Crippen molar-refractivity contribution in [3.8, 4) is 0 Å². The Morgan fingerprint density at radius 3 is 2.60 bits per heavy atom. The van der Waals surface area contributed by atoms with Crippen molar-refractivity contribution < 1.29 is 9.84 Å². The highest BCUT2D eigenvalue weighted by molar-refractivity contribution is 4.71. The van der Waals surface area contributed by atoms with Crippen molar-refractivity contribution in [2.24, 2.45) is 5.92 Å². The first-order valence-corrected chi connectivity index (χ1v) is 5.67. The molecule has 0 bridgehead atoms. The molecule has 2 N–H and O–H groups in total. The van der Waals surface area contributed by atoms with Crippen LogP contribution in [0.3, 0.4) is 0 Å². The number of hydrogen-bond donors (Lipinski definition) is 2. The Morgan fingerprint density at radius 2 is 2.07 bits per heavy atom. The predicted octanol–water partition coefficient (Wildman–Crippen LogP) is 1.57. The second-order valence-electron chi connectivity index (χ2n) is 4.37. The van der Waals surface area contributed by atoms with E-state index in [9.17, 15) is 5.11 Å². The third-order valence-corrected chi connectivity index (χ3v) is 2.05. The molecule has 0 aromatic carbocycles. The molecule has 0 aromatic rings. The lowest BCUT2D eigenvalue weighted by Gasteiger charge is -2.18. The van der Waals surface area contributed by atoms with E-state index in [1.807, 2.05) is 6.92 Å². The fraction of sp³-hybridized carbons (Fsp3) is 0.833. The monoisotopic (exact) mass is 215 g/mol. The van der Waals surface area contributed by atoms with Gasteiger partial charge in [0.2, 0.25) is 0 Å². The van der Waals surface area contributed by atoms with E-state index < -0.39 is 6.10 Å². The summed E-state index contributed by atoms with van der Waals surface area (Å²) in [5.41, 5.74) is 0. The summed E-state index contributed by atoms with van der Waals surface area (Å²) in [6.45, 7) is 11.6. The normalized spacial score (nSPS) is 15.3. The topological polar surface area (TPSA) is 41.5 Å². The summed E-state index contributed by atoms with van der Waals surface area (Å²) >= 11 is 0. The first kappa shape index (κ1) is 14.6. The van der Waals surface area contributed by atoms with E-state index in [0.717, 1.165) is 13.0 Å². The van der Waals surface area contributed by atoms with Gasteiger partial charge in [-0.3, -0.25) is 0 Å². The van der Waals surface area contributed by atoms with Crippen LogP contribution in [0.2, 0.25) is 0 Å². The third-order valence-electron chi connectivity index (χ3n) is 2.05. The van der Waals surface area contributed by atoms with Gasteiger partial charge in [-0.25, -0.2) is 0 Å². The van der Waals surface area contributed by atoms with Crippen LogP contribution in [0.1, 0.15) is 27.2 Å². The van der Waals surface area contributed by atoms with Crippen molar-refractivity contribution in [3.05, 3.63) is 12.7 Å². The molecule has 15 heavy (non-hydrogen) atoms. The highest BCUT2D eigenvalue weighted by Crippen LogP contribution is 2.07. The SMILES string of the molecule is C=CCNCC(O)COC(C)CC(C)C. The Morgan fingerprint density at radius 1 is 1.40 bits per heavy atom. The molecular formula is C12H25NO2. The molecule has 0 spiro atoms. The first-order chi connectivity index (χ1) is 7.06. The molecule has 0 aliphatic rings. The Labute approximate surface area is 93.5 Å². The van der Waals surface area contributed by atoms with E-state index >= 15 is 0 Å². The van der Waals surface area contributed by atoms with Crippen LogP contribution in [0.5, 0.6) is 0 Å². The molecule has 2 atom stereocenters. The van der Waals surface area contributed by atoms with Crippen LogP contribution in [-0.2, 0) is 4.74 Å². The summed E-state index contributed by atoms with van der Waals surface area (Å²) in [6, 6.07) is 0. The summed E-state index contributed by atoms with van der Waals surface area (Å²) in [7, 11) is 0. The van der Waals surface area contributed by atoms with Gasteiger partial charge in [0.1, 0.15) is 0 Å². The van der Waals surface area contributed by atoms with Crippen LogP contribution >= 0.6 is 0 Å². The average molecular weight is 215 g/mol. The van der Waals surface area contributed by atoms with Crippen molar-refractivity contribution >= 4 is 0 Å². The van der Waals surface area contributed by atoms with E-state index in [4.69, 9.17) is 4.74 Å². The number of rotatable bonds is 9. The highest BCUT2D eigenvalue weighted by atomic mass is 16.5. The summed E-state index contributed by atoms with van der Waals surface area (Å²) in [5.74, 6) is 0.635. The zero-order valence-electron chi connectivity index (χ0n) is 10.2. The van der Waals surface area contributed by atoms with Crippen molar-refractivity contribution in [1.82, 2.24) is 5.32 Å². The lowest BCUT2D eigenvalue weighted by molar-refractivity contribution is -0.00819. The molecule has 0 heterocycles. The smallest absolute Gasteiger partial charge is 0.0897 e. The second kappa shape index (κ2) is 8.89. The van der Waals surface area contributed by atoms with E-state index in [1.54, 1.807) is 6.08 Å². The van der Waals surface area contributed by atoms with Gasteiger partial charge in [-0.1, -0.05) is 19.9 Å². The minimum atomic E-state index is -0.431. The van der Waals surface area contributed by atoms with Gasteiger partial charge in [-0.2, -0.15) is 0 Å². The van der Waals surface area contributed by atoms with Crippen molar-refractivity contribution in [3.63, 3.8) is 0 Å². The van der Waals surface area contributed by atoms with Gasteiger partial charge in [0.05, 0.1) is 18.8 Å². The van der Waals surface area contributed by atoms with Crippen molar-refractivity contribution in [2.75, 3.05) is 19.7 Å². The Kier molecular flexibility index (Phi) is 8.67. The molecule has 0 aromatic heterocycles. The average Bonchev–Trinajstić information content (AvgIpc) is 2.14. The molecule has 2 unspecified atom stereocenters. The van der Waals surface area contributed by atoms with Gasteiger partial charge in [-0.15, -0.1) is 6.58 Å². The van der Waals surface area contributed by atoms with E-state index in [1.165, 1.54) is 0 Å². The van der Waals surface area contributed by atoms with Gasteiger partial charge in [0.25, 0.3) is 0 Å². The molecule has 0 rings (SSSR count). The number of ether oxygens (including phenoxy) is 1. The molecule has 0 aliphatic heterocycles. The summed E-state index contributed by atoms with van der Waals surface area (Å²) in [5, 5.41) is 12.6. The van der Waals surface area contributed by atoms with Crippen LogP contribution in [0.4, 0.5) is 0 Å². The lowest BCUT2D eigenvalue weighted by Crippen LogP contribution is -2.31.